The van der Waals surface area contributed by atoms with Crippen molar-refractivity contribution in [1.29, 1.82) is 0 Å². The molecule has 0 aliphatic rings. The number of hydrogen-bond acceptors (Lipinski definition) is 2. The van der Waals surface area contributed by atoms with E-state index in [4.69, 9.17) is 4.42 Å². The summed E-state index contributed by atoms with van der Waals surface area (Å²) >= 11 is 0. The lowest BCUT2D eigenvalue weighted by Crippen LogP contribution is -2.11. The van der Waals surface area contributed by atoms with Gasteiger partial charge in [-0.05, 0) is 119 Å². The fraction of sp³-hybridized carbons (Fsp3) is 0. The predicted octanol–water partition coefficient (Wildman–Crippen LogP) is 18.3. The molecule has 1 heterocycles. The van der Waals surface area contributed by atoms with Crippen LogP contribution in [0.4, 0.5) is 17.1 Å². The second-order valence-corrected chi connectivity index (χ2v) is 17.2. The van der Waals surface area contributed by atoms with Crippen LogP contribution in [0.2, 0.25) is 0 Å². The quantitative estimate of drug-likeness (QED) is 0.149. The van der Waals surface area contributed by atoms with Gasteiger partial charge in [-0.3, -0.25) is 0 Å². The van der Waals surface area contributed by atoms with Crippen LogP contribution in [0.15, 0.2) is 253 Å². The molecule has 66 heavy (non-hydrogen) atoms. The molecule has 2 heteroatoms. The van der Waals surface area contributed by atoms with Crippen LogP contribution < -0.4 is 4.90 Å². The van der Waals surface area contributed by atoms with E-state index in [2.05, 4.69) is 241 Å². The third kappa shape index (κ3) is 6.18. The molecule has 13 aromatic rings. The molecule has 1 aromatic heterocycles. The molecule has 0 saturated heterocycles. The van der Waals surface area contributed by atoms with Gasteiger partial charge in [-0.1, -0.05) is 206 Å². The first-order chi connectivity index (χ1) is 32.7. The lowest BCUT2D eigenvalue weighted by molar-refractivity contribution is 0.670. The minimum Gasteiger partial charge on any atom is -0.455 e. The molecule has 0 unspecified atom stereocenters. The van der Waals surface area contributed by atoms with Crippen molar-refractivity contribution in [3.05, 3.63) is 249 Å². The van der Waals surface area contributed by atoms with Gasteiger partial charge in [-0.25, -0.2) is 0 Å². The zero-order chi connectivity index (χ0) is 43.6. The van der Waals surface area contributed by atoms with Crippen molar-refractivity contribution in [2.45, 2.75) is 0 Å². The molecule has 308 valence electrons. The standard InChI is InChI=1S/C64H41NO/c1-3-17-44(18-4-1)62-57-25-10-9-23-54(57)55-38-34-47(41-59(55)63(62)45-19-5-2-6-20-45)52-22-11-13-28-60(52)65(49-37-39-51-46(40-49)31-30-42-16-7-8-21-50(42)51)48-35-32-43(33-36-48)53-26-15-27-58-56-24-12-14-29-61(56)66-64(53)58/h1-41H. The summed E-state index contributed by atoms with van der Waals surface area (Å²) in [6, 6.07) is 90.4. The number of benzene rings is 12. The first-order valence-corrected chi connectivity index (χ1v) is 22.7. The van der Waals surface area contributed by atoms with Crippen molar-refractivity contribution in [2.24, 2.45) is 0 Å². The van der Waals surface area contributed by atoms with Crippen molar-refractivity contribution >= 4 is 82.1 Å². The summed E-state index contributed by atoms with van der Waals surface area (Å²) < 4.78 is 6.50. The van der Waals surface area contributed by atoms with E-state index in [1.165, 1.54) is 65.3 Å². The van der Waals surface area contributed by atoms with Crippen LogP contribution in [-0.4, -0.2) is 0 Å². The Morgan fingerprint density at radius 1 is 0.273 bits per heavy atom. The molecule has 2 nitrogen and oxygen atoms in total. The van der Waals surface area contributed by atoms with Gasteiger partial charge in [0.1, 0.15) is 11.2 Å². The molecule has 0 bridgehead atoms. The molecule has 0 aliphatic carbocycles. The second-order valence-electron chi connectivity index (χ2n) is 17.2. The number of para-hydroxylation sites is 3. The van der Waals surface area contributed by atoms with Crippen molar-refractivity contribution in [1.82, 2.24) is 0 Å². The second kappa shape index (κ2) is 15.5. The number of hydrogen-bond donors (Lipinski definition) is 0. The minimum atomic E-state index is 0.900. The molecule has 0 amide bonds. The normalized spacial score (nSPS) is 11.6. The van der Waals surface area contributed by atoms with E-state index >= 15 is 0 Å². The van der Waals surface area contributed by atoms with Crippen molar-refractivity contribution in [3.8, 4) is 44.5 Å². The Kier molecular flexibility index (Phi) is 8.89. The highest BCUT2D eigenvalue weighted by Gasteiger charge is 2.22. The summed E-state index contributed by atoms with van der Waals surface area (Å²) in [5.74, 6) is 0. The molecule has 0 saturated carbocycles. The SMILES string of the molecule is c1ccc(-c2c(-c3ccccc3)c3cc(-c4ccccc4N(c4ccc(-c5cccc6c5oc5ccccc56)cc4)c4ccc5c(ccc6ccccc65)c4)ccc3c3ccccc23)cc1. The molecule has 0 spiro atoms. The Morgan fingerprint density at radius 3 is 1.62 bits per heavy atom. The number of furan rings is 1. The molecular weight excluding hydrogens is 799 g/mol. The molecule has 0 fully saturated rings. The third-order valence-corrected chi connectivity index (χ3v) is 13.4. The monoisotopic (exact) mass is 839 g/mol. The number of anilines is 3. The van der Waals surface area contributed by atoms with Crippen LogP contribution in [0.25, 0.3) is 110 Å². The van der Waals surface area contributed by atoms with E-state index in [0.717, 1.165) is 61.3 Å². The first kappa shape index (κ1) is 37.8. The number of nitrogens with zero attached hydrogens (tertiary/aromatic N) is 1. The van der Waals surface area contributed by atoms with Gasteiger partial charge < -0.3 is 9.32 Å². The Morgan fingerprint density at radius 2 is 0.818 bits per heavy atom. The predicted molar refractivity (Wildman–Crippen MR) is 280 cm³/mol. The molecule has 0 aliphatic heterocycles. The molecule has 13 rings (SSSR count). The van der Waals surface area contributed by atoms with Crippen LogP contribution in [0.3, 0.4) is 0 Å². The maximum absolute atomic E-state index is 6.50. The fourth-order valence-corrected chi connectivity index (χ4v) is 10.4. The Labute approximate surface area is 382 Å². The Hall–Kier alpha value is -8.72. The van der Waals surface area contributed by atoms with Gasteiger partial charge in [0, 0.05) is 33.3 Å². The summed E-state index contributed by atoms with van der Waals surface area (Å²) in [5.41, 5.74) is 14.4. The first-order valence-electron chi connectivity index (χ1n) is 22.7. The highest BCUT2D eigenvalue weighted by atomic mass is 16.3. The number of fused-ring (bicyclic) bond motifs is 9. The van der Waals surface area contributed by atoms with Crippen molar-refractivity contribution < 1.29 is 4.42 Å². The summed E-state index contributed by atoms with van der Waals surface area (Å²) in [6.45, 7) is 0. The zero-order valence-electron chi connectivity index (χ0n) is 36.0. The topological polar surface area (TPSA) is 16.4 Å². The summed E-state index contributed by atoms with van der Waals surface area (Å²) in [4.78, 5) is 2.42. The Balaban J connectivity index is 1.03. The summed E-state index contributed by atoms with van der Waals surface area (Å²) in [7, 11) is 0. The molecule has 0 N–H and O–H groups in total. The van der Waals surface area contributed by atoms with Gasteiger partial charge in [0.05, 0.1) is 5.69 Å². The van der Waals surface area contributed by atoms with Gasteiger partial charge >= 0.3 is 0 Å². The maximum atomic E-state index is 6.50. The van der Waals surface area contributed by atoms with E-state index in [1.807, 2.05) is 12.1 Å². The highest BCUT2D eigenvalue weighted by Crippen LogP contribution is 2.48. The maximum Gasteiger partial charge on any atom is 0.143 e. The Bertz CT molecular complexity index is 3980. The fourth-order valence-electron chi connectivity index (χ4n) is 10.4. The van der Waals surface area contributed by atoms with Gasteiger partial charge in [-0.15, -0.1) is 0 Å². The zero-order valence-corrected chi connectivity index (χ0v) is 36.0. The van der Waals surface area contributed by atoms with Gasteiger partial charge in [-0.2, -0.15) is 0 Å². The van der Waals surface area contributed by atoms with Crippen LogP contribution in [0.5, 0.6) is 0 Å². The van der Waals surface area contributed by atoms with Crippen LogP contribution >= 0.6 is 0 Å². The van der Waals surface area contributed by atoms with E-state index in [9.17, 15) is 0 Å². The average Bonchev–Trinajstić information content (AvgIpc) is 3.78. The molecule has 0 radical (unpaired) electrons. The van der Waals surface area contributed by atoms with E-state index in [-0.39, 0.29) is 0 Å². The molecule has 0 atom stereocenters. The average molecular weight is 840 g/mol. The molecular formula is C64H41NO. The summed E-state index contributed by atoms with van der Waals surface area (Å²) in [6.07, 6.45) is 0. The van der Waals surface area contributed by atoms with Crippen LogP contribution in [0, 0.1) is 0 Å². The smallest absolute Gasteiger partial charge is 0.143 e. The van der Waals surface area contributed by atoms with Gasteiger partial charge in [0.15, 0.2) is 0 Å². The lowest BCUT2D eigenvalue weighted by atomic mass is 9.84. The van der Waals surface area contributed by atoms with E-state index < -0.39 is 0 Å². The van der Waals surface area contributed by atoms with Crippen molar-refractivity contribution in [3.63, 3.8) is 0 Å². The minimum absolute atomic E-state index is 0.900. The summed E-state index contributed by atoms with van der Waals surface area (Å²) in [5, 5.41) is 12.1. The van der Waals surface area contributed by atoms with Gasteiger partial charge in [0.25, 0.3) is 0 Å². The number of rotatable bonds is 7. The highest BCUT2D eigenvalue weighted by molar-refractivity contribution is 6.22. The van der Waals surface area contributed by atoms with E-state index in [0.29, 0.717) is 0 Å². The van der Waals surface area contributed by atoms with Crippen LogP contribution in [0.1, 0.15) is 0 Å². The third-order valence-electron chi connectivity index (χ3n) is 13.4. The van der Waals surface area contributed by atoms with Gasteiger partial charge in [0.2, 0.25) is 0 Å². The lowest BCUT2D eigenvalue weighted by Gasteiger charge is -2.28. The van der Waals surface area contributed by atoms with E-state index in [1.54, 1.807) is 0 Å². The molecule has 12 aromatic carbocycles. The van der Waals surface area contributed by atoms with Crippen LogP contribution in [-0.2, 0) is 0 Å². The largest absolute Gasteiger partial charge is 0.455 e. The van der Waals surface area contributed by atoms with Crippen molar-refractivity contribution in [2.75, 3.05) is 4.90 Å².